The van der Waals surface area contributed by atoms with E-state index in [1.165, 1.54) is 20.3 Å². The van der Waals surface area contributed by atoms with Crippen molar-refractivity contribution in [1.29, 1.82) is 0 Å². The van der Waals surface area contributed by atoms with Crippen LogP contribution >= 0.6 is 22.6 Å². The number of phenolic OH excluding ortho intramolecular Hbond substituents is 1. The first-order valence-electron chi connectivity index (χ1n) is 7.16. The normalized spacial score (nSPS) is 10.8. The Morgan fingerprint density at radius 2 is 1.92 bits per heavy atom. The molecular weight excluding hydrogens is 423 g/mol. The number of rotatable bonds is 4. The number of benzene rings is 2. The zero-order chi connectivity index (χ0) is 17.3. The summed E-state index contributed by atoms with van der Waals surface area (Å²) < 4.78 is 17.1. The van der Waals surface area contributed by atoms with Crippen LogP contribution in [0, 0.1) is 0 Å². The van der Waals surface area contributed by atoms with E-state index in [1.54, 1.807) is 18.2 Å². The fraction of sp³-hybridized carbons (Fsp3) is 0.167. The monoisotopic (exact) mass is 438 g/mol. The first kappa shape index (κ1) is 16.6. The molecule has 3 rings (SSSR count). The standard InChI is InChI=1S/C18H15IO5/c1-22-15-8-11(4-5-13(15)20)17-18(23-2)16(21)12-7-10(9-19)3-6-14(12)24-17/h3-8,20H,9H2,1-2H3. The Labute approximate surface area is 152 Å². The minimum Gasteiger partial charge on any atom is -0.504 e. The second-order valence-corrected chi connectivity index (χ2v) is 5.91. The number of hydrogen-bond donors (Lipinski definition) is 1. The third kappa shape index (κ3) is 2.82. The van der Waals surface area contributed by atoms with Gasteiger partial charge < -0.3 is 19.0 Å². The number of alkyl halides is 1. The fourth-order valence-electron chi connectivity index (χ4n) is 2.50. The van der Waals surface area contributed by atoms with E-state index >= 15 is 0 Å². The van der Waals surface area contributed by atoms with Gasteiger partial charge in [-0.3, -0.25) is 4.79 Å². The van der Waals surface area contributed by atoms with Gasteiger partial charge in [-0.1, -0.05) is 28.7 Å². The molecule has 6 heteroatoms. The van der Waals surface area contributed by atoms with E-state index in [9.17, 15) is 9.90 Å². The SMILES string of the molecule is COc1cc(-c2oc3ccc(CI)cc3c(=O)c2OC)ccc1O. The van der Waals surface area contributed by atoms with Crippen LogP contribution in [0.2, 0.25) is 0 Å². The molecule has 0 aliphatic rings. The van der Waals surface area contributed by atoms with Crippen molar-refractivity contribution < 1.29 is 19.0 Å². The van der Waals surface area contributed by atoms with Crippen LogP contribution in [0.5, 0.6) is 17.2 Å². The zero-order valence-corrected chi connectivity index (χ0v) is 15.3. The highest BCUT2D eigenvalue weighted by molar-refractivity contribution is 14.1. The summed E-state index contributed by atoms with van der Waals surface area (Å²) >= 11 is 2.24. The van der Waals surface area contributed by atoms with Crippen molar-refractivity contribution in [3.05, 3.63) is 52.2 Å². The molecule has 0 atom stereocenters. The summed E-state index contributed by atoms with van der Waals surface area (Å²) in [6, 6.07) is 10.2. The highest BCUT2D eigenvalue weighted by atomic mass is 127. The molecule has 124 valence electrons. The lowest BCUT2D eigenvalue weighted by molar-refractivity contribution is 0.373. The van der Waals surface area contributed by atoms with Crippen LogP contribution in [-0.2, 0) is 4.43 Å². The summed E-state index contributed by atoms with van der Waals surface area (Å²) in [4.78, 5) is 12.8. The topological polar surface area (TPSA) is 68.9 Å². The number of aromatic hydroxyl groups is 1. The van der Waals surface area contributed by atoms with Gasteiger partial charge in [-0.2, -0.15) is 0 Å². The van der Waals surface area contributed by atoms with Gasteiger partial charge in [-0.15, -0.1) is 0 Å². The van der Waals surface area contributed by atoms with Crippen molar-refractivity contribution in [2.24, 2.45) is 0 Å². The number of methoxy groups -OCH3 is 2. The molecule has 0 radical (unpaired) electrons. The van der Waals surface area contributed by atoms with Crippen molar-refractivity contribution in [3.8, 4) is 28.6 Å². The quantitative estimate of drug-likeness (QED) is 0.491. The number of fused-ring (bicyclic) bond motifs is 1. The maximum Gasteiger partial charge on any atom is 0.235 e. The van der Waals surface area contributed by atoms with Crippen LogP contribution in [0.25, 0.3) is 22.3 Å². The van der Waals surface area contributed by atoms with Gasteiger partial charge >= 0.3 is 0 Å². The van der Waals surface area contributed by atoms with E-state index in [4.69, 9.17) is 13.9 Å². The molecule has 0 bridgehead atoms. The number of halogens is 1. The molecule has 0 aliphatic carbocycles. The van der Waals surface area contributed by atoms with E-state index < -0.39 is 0 Å². The summed E-state index contributed by atoms with van der Waals surface area (Å²) in [7, 11) is 2.89. The Hall–Kier alpha value is -2.22. The third-order valence-corrected chi connectivity index (χ3v) is 4.59. The van der Waals surface area contributed by atoms with Crippen LogP contribution in [0.15, 0.2) is 45.6 Å². The second kappa shape index (κ2) is 6.72. The highest BCUT2D eigenvalue weighted by Crippen LogP contribution is 2.36. The van der Waals surface area contributed by atoms with E-state index in [0.717, 1.165) is 9.99 Å². The van der Waals surface area contributed by atoms with Gasteiger partial charge in [0, 0.05) is 9.99 Å². The molecule has 1 heterocycles. The highest BCUT2D eigenvalue weighted by Gasteiger charge is 2.18. The van der Waals surface area contributed by atoms with Crippen molar-refractivity contribution in [2.45, 2.75) is 4.43 Å². The zero-order valence-electron chi connectivity index (χ0n) is 13.1. The summed E-state index contributed by atoms with van der Waals surface area (Å²) in [6.07, 6.45) is 0. The van der Waals surface area contributed by atoms with E-state index in [-0.39, 0.29) is 22.7 Å². The Balaban J connectivity index is 2.30. The molecule has 1 aromatic heterocycles. The number of hydrogen-bond acceptors (Lipinski definition) is 5. The van der Waals surface area contributed by atoms with Crippen LogP contribution in [0.3, 0.4) is 0 Å². The maximum atomic E-state index is 12.8. The first-order chi connectivity index (χ1) is 11.6. The number of ether oxygens (including phenoxy) is 2. The molecule has 3 aromatic rings. The van der Waals surface area contributed by atoms with Gasteiger partial charge in [-0.05, 0) is 35.9 Å². The molecule has 2 aromatic carbocycles. The maximum absolute atomic E-state index is 12.8. The van der Waals surface area contributed by atoms with Crippen molar-refractivity contribution >= 4 is 33.6 Å². The molecule has 0 aliphatic heterocycles. The van der Waals surface area contributed by atoms with Crippen molar-refractivity contribution in [1.82, 2.24) is 0 Å². The largest absolute Gasteiger partial charge is 0.504 e. The average molecular weight is 438 g/mol. The summed E-state index contributed by atoms with van der Waals surface area (Å²) in [5, 5.41) is 10.2. The second-order valence-electron chi connectivity index (χ2n) is 5.14. The van der Waals surface area contributed by atoms with E-state index in [2.05, 4.69) is 22.6 Å². The molecular formula is C18H15IO5. The molecule has 0 fully saturated rings. The Morgan fingerprint density at radius 3 is 2.58 bits per heavy atom. The average Bonchev–Trinajstić information content (AvgIpc) is 2.61. The van der Waals surface area contributed by atoms with Gasteiger partial charge in [0.15, 0.2) is 17.3 Å². The molecule has 0 unspecified atom stereocenters. The minimum atomic E-state index is -0.229. The van der Waals surface area contributed by atoms with Crippen LogP contribution in [0.4, 0.5) is 0 Å². The first-order valence-corrected chi connectivity index (χ1v) is 8.68. The molecule has 5 nitrogen and oxygen atoms in total. The summed E-state index contributed by atoms with van der Waals surface area (Å²) in [5.41, 5.74) is 1.87. The Bertz CT molecular complexity index is 962. The van der Waals surface area contributed by atoms with Crippen LogP contribution < -0.4 is 14.9 Å². The lowest BCUT2D eigenvalue weighted by Gasteiger charge is -2.11. The van der Waals surface area contributed by atoms with E-state index in [0.29, 0.717) is 22.3 Å². The van der Waals surface area contributed by atoms with Crippen molar-refractivity contribution in [3.63, 3.8) is 0 Å². The van der Waals surface area contributed by atoms with Gasteiger partial charge in [0.25, 0.3) is 0 Å². The molecule has 0 amide bonds. The van der Waals surface area contributed by atoms with E-state index in [1.807, 2.05) is 12.1 Å². The van der Waals surface area contributed by atoms with Gasteiger partial charge in [-0.25, -0.2) is 0 Å². The molecule has 1 N–H and O–H groups in total. The Morgan fingerprint density at radius 1 is 1.12 bits per heavy atom. The predicted molar refractivity (Wildman–Crippen MR) is 100 cm³/mol. The molecule has 0 saturated carbocycles. The molecule has 24 heavy (non-hydrogen) atoms. The lowest BCUT2D eigenvalue weighted by Crippen LogP contribution is -2.08. The summed E-state index contributed by atoms with van der Waals surface area (Å²) in [6.45, 7) is 0. The fourth-order valence-corrected chi connectivity index (χ4v) is 2.98. The van der Waals surface area contributed by atoms with Crippen molar-refractivity contribution in [2.75, 3.05) is 14.2 Å². The smallest absolute Gasteiger partial charge is 0.235 e. The van der Waals surface area contributed by atoms with Gasteiger partial charge in [0.1, 0.15) is 5.58 Å². The van der Waals surface area contributed by atoms with Gasteiger partial charge in [0.2, 0.25) is 11.2 Å². The third-order valence-electron chi connectivity index (χ3n) is 3.71. The minimum absolute atomic E-state index is 0.00930. The number of phenols is 1. The summed E-state index contributed by atoms with van der Waals surface area (Å²) in [5.74, 6) is 0.726. The predicted octanol–water partition coefficient (Wildman–Crippen LogP) is 4.12. The van der Waals surface area contributed by atoms with Gasteiger partial charge in [0.05, 0.1) is 19.6 Å². The molecule has 0 spiro atoms. The van der Waals surface area contributed by atoms with Crippen LogP contribution in [-0.4, -0.2) is 19.3 Å². The lowest BCUT2D eigenvalue weighted by atomic mass is 10.1. The van der Waals surface area contributed by atoms with Crippen LogP contribution in [0.1, 0.15) is 5.56 Å². The Kier molecular flexibility index (Phi) is 4.66. The molecule has 0 saturated heterocycles.